The number of ether oxygens (including phenoxy) is 2. The number of nitrogens with one attached hydrogen (secondary N) is 2. The van der Waals surface area contributed by atoms with Gasteiger partial charge < -0.3 is 24.7 Å². The summed E-state index contributed by atoms with van der Waals surface area (Å²) < 4.78 is 13.5. The average molecular weight is 542 g/mol. The summed E-state index contributed by atoms with van der Waals surface area (Å²) in [5, 5.41) is 15.1. The lowest BCUT2D eigenvalue weighted by molar-refractivity contribution is 0.0929. The molecule has 0 saturated carbocycles. The first-order valence-electron chi connectivity index (χ1n) is 10.7. The van der Waals surface area contributed by atoms with Crippen LogP contribution in [0, 0.1) is 12.8 Å². The highest BCUT2D eigenvalue weighted by Gasteiger charge is 2.16. The minimum atomic E-state index is 0. The van der Waals surface area contributed by atoms with Crippen LogP contribution >= 0.6 is 24.0 Å². The maximum absolute atomic E-state index is 5.86. The van der Waals surface area contributed by atoms with Gasteiger partial charge in [0.2, 0.25) is 0 Å². The third-order valence-electron chi connectivity index (χ3n) is 5.21. The summed E-state index contributed by atoms with van der Waals surface area (Å²) in [6.07, 6.45) is 2.47. The molecule has 1 aliphatic heterocycles. The van der Waals surface area contributed by atoms with Crippen LogP contribution in [-0.4, -0.2) is 53.1 Å². The van der Waals surface area contributed by atoms with Gasteiger partial charge in [-0.15, -0.1) is 34.2 Å². The molecule has 2 N–H and O–H groups in total. The standard InChI is InChI=1S/C22H34N6O2.HI/c1-17(15-29-16-19-8-5-4-6-9-19)12-23-22(24-13-20-10-7-11-30-20)25-14-21-27-26-18(2)28(21)3;/h4-6,8-9,17,20H,7,10-16H2,1-3H3,(H2,23,24,25);1H. The van der Waals surface area contributed by atoms with E-state index in [4.69, 9.17) is 14.5 Å². The molecule has 0 aliphatic carbocycles. The van der Waals surface area contributed by atoms with Gasteiger partial charge in [0.25, 0.3) is 0 Å². The number of nitrogens with zero attached hydrogens (tertiary/aromatic N) is 4. The van der Waals surface area contributed by atoms with Gasteiger partial charge in [-0.2, -0.15) is 0 Å². The van der Waals surface area contributed by atoms with E-state index in [0.29, 0.717) is 25.7 Å². The number of guanidine groups is 1. The molecule has 1 saturated heterocycles. The van der Waals surface area contributed by atoms with E-state index >= 15 is 0 Å². The maximum Gasteiger partial charge on any atom is 0.191 e. The van der Waals surface area contributed by atoms with Crippen molar-refractivity contribution >= 4 is 29.9 Å². The first-order valence-corrected chi connectivity index (χ1v) is 10.7. The van der Waals surface area contributed by atoms with Gasteiger partial charge in [-0.3, -0.25) is 0 Å². The molecular weight excluding hydrogens is 507 g/mol. The largest absolute Gasteiger partial charge is 0.376 e. The Kier molecular flexibility index (Phi) is 11.2. The molecule has 1 aliphatic rings. The SMILES string of the molecule is Cc1nnc(CN=C(NCC(C)COCc2ccccc2)NCC2CCCO2)n1C.I. The highest BCUT2D eigenvalue weighted by atomic mass is 127. The smallest absolute Gasteiger partial charge is 0.191 e. The topological polar surface area (TPSA) is 85.6 Å². The van der Waals surface area contributed by atoms with Crippen LogP contribution in [0.4, 0.5) is 0 Å². The molecule has 2 atom stereocenters. The second-order valence-electron chi connectivity index (χ2n) is 7.89. The summed E-state index contributed by atoms with van der Waals surface area (Å²) in [4.78, 5) is 4.70. The number of hydrogen-bond donors (Lipinski definition) is 2. The molecule has 0 spiro atoms. The number of benzene rings is 1. The highest BCUT2D eigenvalue weighted by molar-refractivity contribution is 14.0. The fourth-order valence-electron chi connectivity index (χ4n) is 3.21. The van der Waals surface area contributed by atoms with Crippen molar-refractivity contribution in [2.45, 2.75) is 45.9 Å². The second-order valence-corrected chi connectivity index (χ2v) is 7.89. The zero-order valence-electron chi connectivity index (χ0n) is 18.7. The van der Waals surface area contributed by atoms with Crippen LogP contribution in [0.3, 0.4) is 0 Å². The molecule has 9 heteroatoms. The predicted octanol–water partition coefficient (Wildman–Crippen LogP) is 2.81. The van der Waals surface area contributed by atoms with Crippen molar-refractivity contribution in [2.75, 3.05) is 26.3 Å². The lowest BCUT2D eigenvalue weighted by Gasteiger charge is -2.18. The molecule has 2 aromatic rings. The van der Waals surface area contributed by atoms with Crippen molar-refractivity contribution in [1.29, 1.82) is 0 Å². The van der Waals surface area contributed by atoms with Gasteiger partial charge in [0.05, 0.1) is 19.3 Å². The van der Waals surface area contributed by atoms with E-state index in [1.807, 2.05) is 36.7 Å². The number of rotatable bonds is 10. The van der Waals surface area contributed by atoms with Crippen molar-refractivity contribution < 1.29 is 9.47 Å². The summed E-state index contributed by atoms with van der Waals surface area (Å²) in [6, 6.07) is 10.2. The minimum Gasteiger partial charge on any atom is -0.376 e. The lowest BCUT2D eigenvalue weighted by Crippen LogP contribution is -2.43. The summed E-state index contributed by atoms with van der Waals surface area (Å²) in [5.41, 5.74) is 1.19. The number of halogens is 1. The quantitative estimate of drug-likeness (QED) is 0.273. The van der Waals surface area contributed by atoms with Crippen LogP contribution in [0.15, 0.2) is 35.3 Å². The Morgan fingerprint density at radius 2 is 2.10 bits per heavy atom. The third-order valence-corrected chi connectivity index (χ3v) is 5.21. The highest BCUT2D eigenvalue weighted by Crippen LogP contribution is 2.10. The van der Waals surface area contributed by atoms with E-state index in [2.05, 4.69) is 39.9 Å². The normalized spacial score (nSPS) is 17.3. The molecule has 172 valence electrons. The van der Waals surface area contributed by atoms with Crippen molar-refractivity contribution in [3.05, 3.63) is 47.5 Å². The Bertz CT molecular complexity index is 793. The van der Waals surface area contributed by atoms with E-state index < -0.39 is 0 Å². The molecule has 1 aromatic carbocycles. The fraction of sp³-hybridized carbons (Fsp3) is 0.591. The zero-order valence-corrected chi connectivity index (χ0v) is 21.0. The third kappa shape index (κ3) is 8.74. The molecule has 3 rings (SSSR count). The number of hydrogen-bond acceptors (Lipinski definition) is 5. The van der Waals surface area contributed by atoms with Gasteiger partial charge >= 0.3 is 0 Å². The first kappa shape index (κ1) is 25.5. The summed E-state index contributed by atoms with van der Waals surface area (Å²) in [6.45, 7) is 8.26. The van der Waals surface area contributed by atoms with Crippen LogP contribution in [0.1, 0.15) is 37.0 Å². The van der Waals surface area contributed by atoms with E-state index in [1.165, 1.54) is 5.56 Å². The number of aryl methyl sites for hydroxylation is 1. The Morgan fingerprint density at radius 1 is 1.29 bits per heavy atom. The Hall–Kier alpha value is -1.72. The Morgan fingerprint density at radius 3 is 2.77 bits per heavy atom. The van der Waals surface area contributed by atoms with E-state index in [0.717, 1.165) is 50.1 Å². The molecule has 31 heavy (non-hydrogen) atoms. The van der Waals surface area contributed by atoms with Crippen molar-refractivity contribution in [3.63, 3.8) is 0 Å². The van der Waals surface area contributed by atoms with Gasteiger partial charge in [0.15, 0.2) is 11.8 Å². The van der Waals surface area contributed by atoms with Gasteiger partial charge in [-0.05, 0) is 31.2 Å². The van der Waals surface area contributed by atoms with Crippen molar-refractivity contribution in [1.82, 2.24) is 25.4 Å². The fourth-order valence-corrected chi connectivity index (χ4v) is 3.21. The minimum absolute atomic E-state index is 0. The van der Waals surface area contributed by atoms with E-state index in [9.17, 15) is 0 Å². The molecular formula is C22H35IN6O2. The zero-order chi connectivity index (χ0) is 21.2. The Labute approximate surface area is 202 Å². The van der Waals surface area contributed by atoms with Crippen LogP contribution in [0.2, 0.25) is 0 Å². The molecule has 1 aromatic heterocycles. The lowest BCUT2D eigenvalue weighted by atomic mass is 10.2. The molecule has 0 radical (unpaired) electrons. The Balaban J connectivity index is 0.00000341. The van der Waals surface area contributed by atoms with Gasteiger partial charge in [0, 0.05) is 26.7 Å². The first-order chi connectivity index (χ1) is 14.6. The summed E-state index contributed by atoms with van der Waals surface area (Å²) in [5.74, 6) is 2.83. The monoisotopic (exact) mass is 542 g/mol. The van der Waals surface area contributed by atoms with E-state index in [-0.39, 0.29) is 30.1 Å². The molecule has 0 bridgehead atoms. The predicted molar refractivity (Wildman–Crippen MR) is 133 cm³/mol. The number of aliphatic imine (C=N–C) groups is 1. The van der Waals surface area contributed by atoms with Gasteiger partial charge in [0.1, 0.15) is 12.4 Å². The van der Waals surface area contributed by atoms with Crippen LogP contribution < -0.4 is 10.6 Å². The van der Waals surface area contributed by atoms with E-state index in [1.54, 1.807) is 0 Å². The van der Waals surface area contributed by atoms with Crippen molar-refractivity contribution in [2.24, 2.45) is 18.0 Å². The maximum atomic E-state index is 5.86. The molecule has 0 amide bonds. The van der Waals surface area contributed by atoms with Gasteiger partial charge in [-0.25, -0.2) is 4.99 Å². The van der Waals surface area contributed by atoms with Gasteiger partial charge in [-0.1, -0.05) is 37.3 Å². The van der Waals surface area contributed by atoms with Crippen LogP contribution in [-0.2, 0) is 29.7 Å². The molecule has 1 fully saturated rings. The molecule has 2 heterocycles. The van der Waals surface area contributed by atoms with Crippen molar-refractivity contribution in [3.8, 4) is 0 Å². The second kappa shape index (κ2) is 13.6. The average Bonchev–Trinajstić information content (AvgIpc) is 3.39. The summed E-state index contributed by atoms with van der Waals surface area (Å²) in [7, 11) is 1.96. The number of aromatic nitrogens is 3. The van der Waals surface area contributed by atoms with Crippen LogP contribution in [0.5, 0.6) is 0 Å². The molecule has 2 unspecified atom stereocenters. The van der Waals surface area contributed by atoms with Crippen LogP contribution in [0.25, 0.3) is 0 Å². The molecule has 8 nitrogen and oxygen atoms in total. The summed E-state index contributed by atoms with van der Waals surface area (Å²) >= 11 is 0.